The number of carboxylic acid groups (broad SMARTS) is 1. The highest BCUT2D eigenvalue weighted by Crippen LogP contribution is 2.21. The number of carbonyl (C=O) groups is 2. The van der Waals surface area contributed by atoms with Gasteiger partial charge in [0.15, 0.2) is 0 Å². The number of nitrogens with one attached hydrogen (secondary N) is 1. The summed E-state index contributed by atoms with van der Waals surface area (Å²) in [7, 11) is 0. The molecule has 2 aromatic rings. The van der Waals surface area contributed by atoms with Crippen LogP contribution in [0, 0.1) is 0 Å². The average molecular weight is 364 g/mol. The molecule has 2 N–H and O–H groups in total. The van der Waals surface area contributed by atoms with Gasteiger partial charge in [0.05, 0.1) is 30.3 Å². The van der Waals surface area contributed by atoms with E-state index in [9.17, 15) is 9.59 Å². The van der Waals surface area contributed by atoms with Crippen molar-refractivity contribution in [3.8, 4) is 0 Å². The highest BCUT2D eigenvalue weighted by molar-refractivity contribution is 6.31. The summed E-state index contributed by atoms with van der Waals surface area (Å²) in [6.07, 6.45) is 4.07. The molecule has 0 fully saturated rings. The summed E-state index contributed by atoms with van der Waals surface area (Å²) in [5, 5.41) is 16.8. The molecular weight excluding hydrogens is 342 g/mol. The number of aromatic nitrogens is 2. The predicted molar refractivity (Wildman–Crippen MR) is 95.8 cm³/mol. The molecule has 1 aromatic carbocycles. The smallest absolute Gasteiger partial charge is 0.305 e. The third kappa shape index (κ3) is 4.82. The van der Waals surface area contributed by atoms with E-state index in [0.717, 1.165) is 5.56 Å². The molecule has 0 bridgehead atoms. The zero-order valence-corrected chi connectivity index (χ0v) is 15.1. The maximum Gasteiger partial charge on any atom is 0.305 e. The number of carbonyl (C=O) groups excluding carboxylic acids is 1. The van der Waals surface area contributed by atoms with Gasteiger partial charge in [-0.25, -0.2) is 0 Å². The SMILES string of the molecule is CCC(CC)(CC(=O)O)NC(=O)c1cnn(Cc2ccccc2Cl)c1. The minimum absolute atomic E-state index is 0.112. The van der Waals surface area contributed by atoms with E-state index >= 15 is 0 Å². The van der Waals surface area contributed by atoms with E-state index in [0.29, 0.717) is 30.0 Å². The first kappa shape index (κ1) is 19.0. The molecule has 6 nitrogen and oxygen atoms in total. The Morgan fingerprint density at radius 2 is 1.96 bits per heavy atom. The maximum absolute atomic E-state index is 12.5. The number of amides is 1. The van der Waals surface area contributed by atoms with Crippen LogP contribution < -0.4 is 5.32 Å². The lowest BCUT2D eigenvalue weighted by atomic mass is 9.88. The fraction of sp³-hybridized carbons (Fsp3) is 0.389. The lowest BCUT2D eigenvalue weighted by Gasteiger charge is -2.31. The number of benzene rings is 1. The summed E-state index contributed by atoms with van der Waals surface area (Å²) < 4.78 is 1.63. The highest BCUT2D eigenvalue weighted by atomic mass is 35.5. The first-order valence-electron chi connectivity index (χ1n) is 8.19. The van der Waals surface area contributed by atoms with Crippen LogP contribution in [0.25, 0.3) is 0 Å². The Kier molecular flexibility index (Phi) is 6.20. The summed E-state index contributed by atoms with van der Waals surface area (Å²) in [6.45, 7) is 4.19. The predicted octanol–water partition coefficient (Wildman–Crippen LogP) is 3.35. The Labute approximate surface area is 151 Å². The molecule has 0 saturated carbocycles. The van der Waals surface area contributed by atoms with Crippen molar-refractivity contribution in [3.05, 3.63) is 52.8 Å². The van der Waals surface area contributed by atoms with Crippen LogP contribution in [0.15, 0.2) is 36.7 Å². The Bertz CT molecular complexity index is 754. The Balaban J connectivity index is 2.11. The van der Waals surface area contributed by atoms with Crippen LogP contribution in [0.4, 0.5) is 0 Å². The quantitative estimate of drug-likeness (QED) is 0.753. The van der Waals surface area contributed by atoms with Crippen LogP contribution in [0.3, 0.4) is 0 Å². The molecule has 1 heterocycles. The number of hydrogen-bond donors (Lipinski definition) is 2. The van der Waals surface area contributed by atoms with E-state index < -0.39 is 11.5 Å². The molecule has 0 unspecified atom stereocenters. The van der Waals surface area contributed by atoms with Crippen molar-refractivity contribution in [2.45, 2.75) is 45.2 Å². The minimum Gasteiger partial charge on any atom is -0.481 e. The second-order valence-electron chi connectivity index (χ2n) is 6.03. The summed E-state index contributed by atoms with van der Waals surface area (Å²) in [4.78, 5) is 23.6. The van der Waals surface area contributed by atoms with E-state index in [2.05, 4.69) is 10.4 Å². The third-order valence-electron chi connectivity index (χ3n) is 4.41. The number of aliphatic carboxylic acids is 1. The molecule has 0 spiro atoms. The fourth-order valence-electron chi connectivity index (χ4n) is 2.69. The first-order valence-corrected chi connectivity index (χ1v) is 8.57. The first-order chi connectivity index (χ1) is 11.9. The Morgan fingerprint density at radius 1 is 1.28 bits per heavy atom. The number of carboxylic acids is 1. The van der Waals surface area contributed by atoms with Gasteiger partial charge in [-0.05, 0) is 24.5 Å². The molecule has 1 amide bonds. The summed E-state index contributed by atoms with van der Waals surface area (Å²) >= 11 is 6.14. The van der Waals surface area contributed by atoms with Crippen LogP contribution >= 0.6 is 11.6 Å². The van der Waals surface area contributed by atoms with Crippen molar-refractivity contribution >= 4 is 23.5 Å². The molecular formula is C18H22ClN3O3. The molecule has 0 saturated heterocycles. The second-order valence-corrected chi connectivity index (χ2v) is 6.44. The Hall–Kier alpha value is -2.34. The molecule has 1 aromatic heterocycles. The average Bonchev–Trinajstić information content (AvgIpc) is 3.04. The van der Waals surface area contributed by atoms with Crippen LogP contribution in [0.2, 0.25) is 5.02 Å². The number of hydrogen-bond acceptors (Lipinski definition) is 3. The van der Waals surface area contributed by atoms with Crippen molar-refractivity contribution in [3.63, 3.8) is 0 Å². The van der Waals surface area contributed by atoms with Crippen molar-refractivity contribution in [1.82, 2.24) is 15.1 Å². The van der Waals surface area contributed by atoms with Crippen molar-refractivity contribution in [2.24, 2.45) is 0 Å². The van der Waals surface area contributed by atoms with Gasteiger partial charge in [-0.15, -0.1) is 0 Å². The van der Waals surface area contributed by atoms with Gasteiger partial charge in [-0.2, -0.15) is 5.10 Å². The molecule has 134 valence electrons. The highest BCUT2D eigenvalue weighted by Gasteiger charge is 2.31. The molecule has 0 aliphatic carbocycles. The normalized spacial score (nSPS) is 11.3. The van der Waals surface area contributed by atoms with Gasteiger partial charge in [-0.3, -0.25) is 14.3 Å². The molecule has 0 atom stereocenters. The zero-order chi connectivity index (χ0) is 18.4. The summed E-state index contributed by atoms with van der Waals surface area (Å²) in [5.74, 6) is -1.26. The molecule has 0 radical (unpaired) electrons. The van der Waals surface area contributed by atoms with Gasteiger partial charge in [0.2, 0.25) is 0 Å². The van der Waals surface area contributed by atoms with E-state index in [1.54, 1.807) is 16.9 Å². The van der Waals surface area contributed by atoms with Crippen molar-refractivity contribution in [2.75, 3.05) is 0 Å². The number of rotatable bonds is 8. The molecule has 0 aliphatic rings. The maximum atomic E-state index is 12.5. The number of halogens is 1. The second kappa shape index (κ2) is 8.16. The van der Waals surface area contributed by atoms with Crippen LogP contribution in [0.1, 0.15) is 49.0 Å². The van der Waals surface area contributed by atoms with Gasteiger partial charge < -0.3 is 10.4 Å². The molecule has 25 heavy (non-hydrogen) atoms. The van der Waals surface area contributed by atoms with Gasteiger partial charge in [-0.1, -0.05) is 43.6 Å². The zero-order valence-electron chi connectivity index (χ0n) is 14.3. The van der Waals surface area contributed by atoms with Crippen molar-refractivity contribution in [1.29, 1.82) is 0 Å². The third-order valence-corrected chi connectivity index (χ3v) is 4.78. The van der Waals surface area contributed by atoms with Crippen LogP contribution in [0.5, 0.6) is 0 Å². The van der Waals surface area contributed by atoms with Crippen LogP contribution in [-0.2, 0) is 11.3 Å². The molecule has 7 heteroatoms. The summed E-state index contributed by atoms with van der Waals surface area (Å²) in [5.41, 5.74) is 0.540. The Morgan fingerprint density at radius 3 is 2.56 bits per heavy atom. The van der Waals surface area contributed by atoms with E-state index in [-0.39, 0.29) is 12.3 Å². The van der Waals surface area contributed by atoms with Crippen LogP contribution in [-0.4, -0.2) is 32.3 Å². The van der Waals surface area contributed by atoms with Gasteiger partial charge in [0.1, 0.15) is 0 Å². The molecule has 2 rings (SSSR count). The topological polar surface area (TPSA) is 84.2 Å². The van der Waals surface area contributed by atoms with Gasteiger partial charge in [0, 0.05) is 11.2 Å². The van der Waals surface area contributed by atoms with E-state index in [4.69, 9.17) is 16.7 Å². The lowest BCUT2D eigenvalue weighted by Crippen LogP contribution is -2.49. The molecule has 0 aliphatic heterocycles. The van der Waals surface area contributed by atoms with E-state index in [1.165, 1.54) is 6.20 Å². The number of nitrogens with zero attached hydrogens (tertiary/aromatic N) is 2. The fourth-order valence-corrected chi connectivity index (χ4v) is 2.89. The minimum atomic E-state index is -0.932. The monoisotopic (exact) mass is 363 g/mol. The van der Waals surface area contributed by atoms with Crippen molar-refractivity contribution < 1.29 is 14.7 Å². The van der Waals surface area contributed by atoms with Gasteiger partial charge >= 0.3 is 5.97 Å². The largest absolute Gasteiger partial charge is 0.481 e. The van der Waals surface area contributed by atoms with Gasteiger partial charge in [0.25, 0.3) is 5.91 Å². The lowest BCUT2D eigenvalue weighted by molar-refractivity contribution is -0.138. The van der Waals surface area contributed by atoms with E-state index in [1.807, 2.05) is 32.0 Å². The standard InChI is InChI=1S/C18H22ClN3O3/c1-3-18(4-2,9-16(23)24)21-17(25)14-10-20-22(12-14)11-13-7-5-6-8-15(13)19/h5-8,10,12H,3-4,9,11H2,1-2H3,(H,21,25)(H,23,24). The summed E-state index contributed by atoms with van der Waals surface area (Å²) in [6, 6.07) is 7.44.